The standard InChI is InChI=1S/C29H37N7O6/c1-3-18(2)25-29(42)36-16-20(37)14-23(36)27(40)33-21(13-19-7-5-4-6-8-19)26(39)32-11-12-35(17-24(38)34-25)28(41)22-15-30-9-10-31-22/h4-10,15,18,20-21,23,25,37H,3,11-14,16-17H2,1-2H3,(H,32,39)(H,33,40)(H,34,38)/t18-,20+,21-,23-,25-/m0/s1. The largest absolute Gasteiger partial charge is 0.391 e. The third-order valence-electron chi connectivity index (χ3n) is 7.66. The van der Waals surface area contributed by atoms with Crippen molar-refractivity contribution in [3.8, 4) is 0 Å². The summed E-state index contributed by atoms with van der Waals surface area (Å²) in [4.78, 5) is 77.7. The Kier molecular flexibility index (Phi) is 10.2. The van der Waals surface area contributed by atoms with E-state index < -0.39 is 60.3 Å². The molecule has 2 aliphatic rings. The number of amides is 5. The van der Waals surface area contributed by atoms with Crippen LogP contribution < -0.4 is 16.0 Å². The van der Waals surface area contributed by atoms with Gasteiger partial charge in [-0.3, -0.25) is 29.0 Å². The summed E-state index contributed by atoms with van der Waals surface area (Å²) in [5, 5.41) is 18.8. The fourth-order valence-electron chi connectivity index (χ4n) is 5.15. The van der Waals surface area contributed by atoms with Gasteiger partial charge in [-0.1, -0.05) is 50.6 Å². The minimum atomic E-state index is -1.03. The number of aliphatic hydroxyl groups is 1. The fourth-order valence-corrected chi connectivity index (χ4v) is 5.15. The molecule has 42 heavy (non-hydrogen) atoms. The van der Waals surface area contributed by atoms with Crippen LogP contribution in [0, 0.1) is 5.92 Å². The maximum atomic E-state index is 13.8. The molecule has 2 aliphatic heterocycles. The van der Waals surface area contributed by atoms with Crippen molar-refractivity contribution in [1.29, 1.82) is 0 Å². The maximum absolute atomic E-state index is 13.8. The van der Waals surface area contributed by atoms with E-state index in [9.17, 15) is 29.1 Å². The number of nitrogens with zero attached hydrogens (tertiary/aromatic N) is 4. The molecule has 4 N–H and O–H groups in total. The van der Waals surface area contributed by atoms with Gasteiger partial charge in [0.05, 0.1) is 18.8 Å². The molecular formula is C29H37N7O6. The van der Waals surface area contributed by atoms with Crippen LogP contribution in [-0.4, -0.2) is 105 Å². The maximum Gasteiger partial charge on any atom is 0.274 e. The molecule has 1 aromatic heterocycles. The van der Waals surface area contributed by atoms with Gasteiger partial charge in [0.15, 0.2) is 0 Å². The van der Waals surface area contributed by atoms with Crippen molar-refractivity contribution in [3.05, 3.63) is 60.2 Å². The van der Waals surface area contributed by atoms with Gasteiger partial charge in [0.2, 0.25) is 23.6 Å². The molecule has 0 aliphatic carbocycles. The molecule has 5 atom stereocenters. The Morgan fingerprint density at radius 2 is 1.86 bits per heavy atom. The lowest BCUT2D eigenvalue weighted by molar-refractivity contribution is -0.143. The lowest BCUT2D eigenvalue weighted by Crippen LogP contribution is -2.58. The zero-order valence-corrected chi connectivity index (χ0v) is 23.7. The van der Waals surface area contributed by atoms with Crippen LogP contribution in [0.4, 0.5) is 0 Å². The van der Waals surface area contributed by atoms with E-state index in [0.717, 1.165) is 5.56 Å². The van der Waals surface area contributed by atoms with Crippen LogP contribution in [0.25, 0.3) is 0 Å². The summed E-state index contributed by atoms with van der Waals surface area (Å²) in [5.74, 6) is -3.04. The zero-order chi connectivity index (χ0) is 30.2. The van der Waals surface area contributed by atoms with Crippen molar-refractivity contribution < 1.29 is 29.1 Å². The first-order valence-electron chi connectivity index (χ1n) is 14.1. The average molecular weight is 580 g/mol. The SMILES string of the molecule is CC[C@H](C)[C@@H]1NC(=O)CN(C(=O)c2cnccn2)CCNC(=O)[C@H](Cc2ccccc2)NC(=O)[C@@H]2C[C@@H](O)CN2C1=O. The highest BCUT2D eigenvalue weighted by atomic mass is 16.3. The Labute approximate surface area is 244 Å². The Bertz CT molecular complexity index is 1270. The number of rotatable bonds is 5. The van der Waals surface area contributed by atoms with Gasteiger partial charge in [0.1, 0.15) is 23.8 Å². The number of hydrogen-bond donors (Lipinski definition) is 4. The van der Waals surface area contributed by atoms with E-state index in [1.165, 1.54) is 28.4 Å². The second-order valence-corrected chi connectivity index (χ2v) is 10.7. The summed E-state index contributed by atoms with van der Waals surface area (Å²) in [6.45, 7) is 3.14. The molecule has 5 amide bonds. The summed E-state index contributed by atoms with van der Waals surface area (Å²) in [7, 11) is 0. The number of benzene rings is 1. The van der Waals surface area contributed by atoms with Crippen LogP contribution in [0.15, 0.2) is 48.9 Å². The molecule has 224 valence electrons. The van der Waals surface area contributed by atoms with Crippen molar-refractivity contribution in [2.45, 2.75) is 57.3 Å². The van der Waals surface area contributed by atoms with Crippen molar-refractivity contribution in [1.82, 2.24) is 35.7 Å². The Morgan fingerprint density at radius 1 is 1.10 bits per heavy atom. The normalized spacial score (nSPS) is 24.9. The van der Waals surface area contributed by atoms with Gasteiger partial charge in [-0.2, -0.15) is 0 Å². The molecule has 0 unspecified atom stereocenters. The van der Waals surface area contributed by atoms with Crippen molar-refractivity contribution in [2.75, 3.05) is 26.2 Å². The van der Waals surface area contributed by atoms with Crippen molar-refractivity contribution in [2.24, 2.45) is 5.92 Å². The third-order valence-corrected chi connectivity index (χ3v) is 7.66. The van der Waals surface area contributed by atoms with E-state index in [0.29, 0.717) is 6.42 Å². The van der Waals surface area contributed by atoms with Crippen LogP contribution in [0.1, 0.15) is 42.7 Å². The van der Waals surface area contributed by atoms with E-state index >= 15 is 0 Å². The molecule has 13 nitrogen and oxygen atoms in total. The Morgan fingerprint density at radius 3 is 2.55 bits per heavy atom. The van der Waals surface area contributed by atoms with E-state index in [1.54, 1.807) is 6.92 Å². The highest BCUT2D eigenvalue weighted by molar-refractivity contribution is 5.97. The van der Waals surface area contributed by atoms with Gasteiger partial charge in [0, 0.05) is 44.9 Å². The first-order valence-corrected chi connectivity index (χ1v) is 14.1. The number of hydrogen-bond acceptors (Lipinski definition) is 8. The highest BCUT2D eigenvalue weighted by Crippen LogP contribution is 2.22. The number of nitrogens with one attached hydrogen (secondary N) is 3. The number of fused-ring (bicyclic) bond motifs is 1. The van der Waals surface area contributed by atoms with Gasteiger partial charge in [-0.05, 0) is 11.5 Å². The van der Waals surface area contributed by atoms with Crippen LogP contribution >= 0.6 is 0 Å². The molecule has 0 saturated carbocycles. The van der Waals surface area contributed by atoms with Gasteiger partial charge >= 0.3 is 0 Å². The highest BCUT2D eigenvalue weighted by Gasteiger charge is 2.43. The smallest absolute Gasteiger partial charge is 0.274 e. The molecule has 2 aromatic rings. The summed E-state index contributed by atoms with van der Waals surface area (Å²) >= 11 is 0. The Hall–Kier alpha value is -4.39. The molecule has 0 spiro atoms. The molecular weight excluding hydrogens is 542 g/mol. The molecule has 1 aromatic carbocycles. The predicted octanol–water partition coefficient (Wildman–Crippen LogP) is -0.731. The van der Waals surface area contributed by atoms with E-state index in [2.05, 4.69) is 25.9 Å². The molecule has 2 fully saturated rings. The van der Waals surface area contributed by atoms with Gasteiger partial charge in [-0.25, -0.2) is 4.98 Å². The molecule has 0 bridgehead atoms. The topological polar surface area (TPSA) is 174 Å². The molecule has 13 heteroatoms. The predicted molar refractivity (Wildman–Crippen MR) is 151 cm³/mol. The molecule has 4 rings (SSSR count). The summed E-state index contributed by atoms with van der Waals surface area (Å²) in [6.07, 6.45) is 3.84. The van der Waals surface area contributed by atoms with Crippen molar-refractivity contribution in [3.63, 3.8) is 0 Å². The van der Waals surface area contributed by atoms with E-state index in [4.69, 9.17) is 0 Å². The second kappa shape index (κ2) is 14.0. The lowest BCUT2D eigenvalue weighted by Gasteiger charge is -2.32. The van der Waals surface area contributed by atoms with Crippen LogP contribution in [-0.2, 0) is 25.6 Å². The van der Waals surface area contributed by atoms with Gasteiger partial charge in [0.25, 0.3) is 5.91 Å². The van der Waals surface area contributed by atoms with Crippen LogP contribution in [0.3, 0.4) is 0 Å². The summed E-state index contributed by atoms with van der Waals surface area (Å²) in [5.41, 5.74) is 0.827. The number of carbonyl (C=O) groups excluding carboxylic acids is 5. The lowest BCUT2D eigenvalue weighted by atomic mass is 9.97. The quantitative estimate of drug-likeness (QED) is 0.359. The molecule has 3 heterocycles. The third kappa shape index (κ3) is 7.46. The second-order valence-electron chi connectivity index (χ2n) is 10.7. The van der Waals surface area contributed by atoms with Gasteiger partial charge in [-0.15, -0.1) is 0 Å². The number of aromatic nitrogens is 2. The minimum Gasteiger partial charge on any atom is -0.391 e. The van der Waals surface area contributed by atoms with Crippen LogP contribution in [0.5, 0.6) is 0 Å². The van der Waals surface area contributed by atoms with E-state index in [-0.39, 0.29) is 44.1 Å². The first kappa shape index (κ1) is 30.6. The molecule has 2 saturated heterocycles. The van der Waals surface area contributed by atoms with E-state index in [1.807, 2.05) is 37.3 Å². The first-order chi connectivity index (χ1) is 20.2. The van der Waals surface area contributed by atoms with Gasteiger partial charge < -0.3 is 30.9 Å². The molecule has 0 radical (unpaired) electrons. The Balaban J connectivity index is 1.67. The number of carbonyl (C=O) groups is 5. The van der Waals surface area contributed by atoms with Crippen molar-refractivity contribution >= 4 is 29.5 Å². The zero-order valence-electron chi connectivity index (χ0n) is 23.7. The fraction of sp³-hybridized carbons (Fsp3) is 0.483. The average Bonchev–Trinajstić information content (AvgIpc) is 3.40. The summed E-state index contributed by atoms with van der Waals surface area (Å²) < 4.78 is 0. The number of aliphatic hydroxyl groups excluding tert-OH is 1. The minimum absolute atomic E-state index is 0.00118. The monoisotopic (exact) mass is 579 g/mol. The summed E-state index contributed by atoms with van der Waals surface area (Å²) in [6, 6.07) is 6.14. The van der Waals surface area contributed by atoms with Crippen LogP contribution in [0.2, 0.25) is 0 Å².